The van der Waals surface area contributed by atoms with Crippen molar-refractivity contribution in [3.05, 3.63) is 18.2 Å². The largest absolute Gasteiger partial charge is 0.334 e. The van der Waals surface area contributed by atoms with Gasteiger partial charge in [0, 0.05) is 31.5 Å². The van der Waals surface area contributed by atoms with Gasteiger partial charge in [0.15, 0.2) is 0 Å². The van der Waals surface area contributed by atoms with Crippen LogP contribution in [-0.4, -0.2) is 22.1 Å². The van der Waals surface area contributed by atoms with Gasteiger partial charge in [0.25, 0.3) is 0 Å². The molecule has 1 heterocycles. The number of hydrogen-bond acceptors (Lipinski definition) is 2. The van der Waals surface area contributed by atoms with Gasteiger partial charge in [-0.05, 0) is 19.8 Å². The Morgan fingerprint density at radius 2 is 2.14 bits per heavy atom. The van der Waals surface area contributed by atoms with E-state index in [2.05, 4.69) is 35.6 Å². The van der Waals surface area contributed by atoms with Crippen LogP contribution in [0.25, 0.3) is 0 Å². The Hall–Kier alpha value is -0.830. The standard InChI is InChI=1S/C11H21N3/c1-9(2)10(3)12-5-7-14-8-6-13-11(14)4/h6,8-10,12H,5,7H2,1-4H3. The minimum absolute atomic E-state index is 0.582. The molecular formula is C11H21N3. The summed E-state index contributed by atoms with van der Waals surface area (Å²) in [6.07, 6.45) is 3.87. The van der Waals surface area contributed by atoms with Gasteiger partial charge in [0.05, 0.1) is 0 Å². The van der Waals surface area contributed by atoms with Crippen LogP contribution in [0, 0.1) is 12.8 Å². The van der Waals surface area contributed by atoms with Crippen LogP contribution in [0.5, 0.6) is 0 Å². The van der Waals surface area contributed by atoms with E-state index in [9.17, 15) is 0 Å². The normalized spacial score (nSPS) is 13.5. The molecule has 0 aliphatic rings. The number of hydrogen-bond donors (Lipinski definition) is 1. The maximum Gasteiger partial charge on any atom is 0.105 e. The molecule has 1 atom stereocenters. The van der Waals surface area contributed by atoms with Crippen molar-refractivity contribution in [3.63, 3.8) is 0 Å². The number of aryl methyl sites for hydroxylation is 1. The highest BCUT2D eigenvalue weighted by Crippen LogP contribution is 1.99. The van der Waals surface area contributed by atoms with Crippen molar-refractivity contribution in [2.75, 3.05) is 6.54 Å². The summed E-state index contributed by atoms with van der Waals surface area (Å²) in [5.74, 6) is 1.78. The third-order valence-corrected chi connectivity index (χ3v) is 2.74. The van der Waals surface area contributed by atoms with E-state index in [-0.39, 0.29) is 0 Å². The van der Waals surface area contributed by atoms with Crippen LogP contribution in [0.15, 0.2) is 12.4 Å². The fourth-order valence-electron chi connectivity index (χ4n) is 1.29. The number of aromatic nitrogens is 2. The third-order valence-electron chi connectivity index (χ3n) is 2.74. The summed E-state index contributed by atoms with van der Waals surface area (Å²) < 4.78 is 2.17. The highest BCUT2D eigenvalue weighted by molar-refractivity contribution is 4.88. The Labute approximate surface area is 86.5 Å². The van der Waals surface area contributed by atoms with Gasteiger partial charge in [-0.3, -0.25) is 0 Å². The van der Waals surface area contributed by atoms with Gasteiger partial charge < -0.3 is 9.88 Å². The molecule has 0 aliphatic carbocycles. The molecule has 0 amide bonds. The molecule has 0 saturated carbocycles. The van der Waals surface area contributed by atoms with E-state index in [0.717, 1.165) is 18.9 Å². The van der Waals surface area contributed by atoms with E-state index < -0.39 is 0 Å². The summed E-state index contributed by atoms with van der Waals surface area (Å²) in [4.78, 5) is 4.18. The van der Waals surface area contributed by atoms with Crippen molar-refractivity contribution in [2.45, 2.75) is 40.3 Å². The maximum atomic E-state index is 4.18. The lowest BCUT2D eigenvalue weighted by molar-refractivity contribution is 0.415. The molecule has 14 heavy (non-hydrogen) atoms. The van der Waals surface area contributed by atoms with Crippen LogP contribution in [-0.2, 0) is 6.54 Å². The van der Waals surface area contributed by atoms with Crippen LogP contribution in [0.2, 0.25) is 0 Å². The smallest absolute Gasteiger partial charge is 0.105 e. The van der Waals surface area contributed by atoms with Crippen molar-refractivity contribution >= 4 is 0 Å². The average Bonchev–Trinajstić information content (AvgIpc) is 2.51. The summed E-state index contributed by atoms with van der Waals surface area (Å²) in [5.41, 5.74) is 0. The highest BCUT2D eigenvalue weighted by atomic mass is 15.1. The Morgan fingerprint density at radius 3 is 2.64 bits per heavy atom. The fourth-order valence-corrected chi connectivity index (χ4v) is 1.29. The van der Waals surface area contributed by atoms with E-state index in [1.165, 1.54) is 0 Å². The summed E-state index contributed by atoms with van der Waals surface area (Å²) >= 11 is 0. The molecule has 1 rings (SSSR count). The van der Waals surface area contributed by atoms with Crippen LogP contribution in [0.4, 0.5) is 0 Å². The molecule has 0 fully saturated rings. The lowest BCUT2D eigenvalue weighted by Gasteiger charge is -2.17. The van der Waals surface area contributed by atoms with Gasteiger partial charge in [0.2, 0.25) is 0 Å². The molecule has 0 aliphatic heterocycles. The SMILES string of the molecule is Cc1nccn1CCNC(C)C(C)C. The molecule has 80 valence electrons. The van der Waals surface area contributed by atoms with E-state index >= 15 is 0 Å². The molecule has 3 nitrogen and oxygen atoms in total. The molecule has 0 radical (unpaired) electrons. The lowest BCUT2D eigenvalue weighted by atomic mass is 10.1. The number of nitrogens with zero attached hydrogens (tertiary/aromatic N) is 2. The second kappa shape index (κ2) is 5.15. The van der Waals surface area contributed by atoms with Gasteiger partial charge in [-0.25, -0.2) is 4.98 Å². The first-order valence-electron chi connectivity index (χ1n) is 5.32. The molecule has 1 aromatic heterocycles. The molecule has 0 bridgehead atoms. The van der Waals surface area contributed by atoms with Crippen LogP contribution in [0.1, 0.15) is 26.6 Å². The molecule has 0 saturated heterocycles. The third kappa shape index (κ3) is 3.14. The van der Waals surface area contributed by atoms with Crippen molar-refractivity contribution in [1.82, 2.24) is 14.9 Å². The first-order valence-corrected chi connectivity index (χ1v) is 5.32. The number of rotatable bonds is 5. The van der Waals surface area contributed by atoms with E-state index in [1.807, 2.05) is 19.3 Å². The molecule has 1 aromatic rings. The average molecular weight is 195 g/mol. The zero-order valence-electron chi connectivity index (χ0n) is 9.62. The maximum absolute atomic E-state index is 4.18. The molecule has 1 unspecified atom stereocenters. The molecule has 3 heteroatoms. The zero-order valence-corrected chi connectivity index (χ0v) is 9.62. The van der Waals surface area contributed by atoms with Crippen molar-refractivity contribution < 1.29 is 0 Å². The van der Waals surface area contributed by atoms with Gasteiger partial charge in [0.1, 0.15) is 5.82 Å². The Kier molecular flexibility index (Phi) is 4.14. The van der Waals surface area contributed by atoms with Crippen LogP contribution in [0.3, 0.4) is 0 Å². The summed E-state index contributed by atoms with van der Waals surface area (Å²) in [6, 6.07) is 0.582. The van der Waals surface area contributed by atoms with Gasteiger partial charge in [-0.15, -0.1) is 0 Å². The predicted molar refractivity (Wildman–Crippen MR) is 59.3 cm³/mol. The monoisotopic (exact) mass is 195 g/mol. The number of nitrogens with one attached hydrogen (secondary N) is 1. The summed E-state index contributed by atoms with van der Waals surface area (Å²) in [7, 11) is 0. The molecule has 1 N–H and O–H groups in total. The minimum Gasteiger partial charge on any atom is -0.334 e. The molecular weight excluding hydrogens is 174 g/mol. The van der Waals surface area contributed by atoms with Crippen molar-refractivity contribution in [2.24, 2.45) is 5.92 Å². The van der Waals surface area contributed by atoms with Gasteiger partial charge in [-0.2, -0.15) is 0 Å². The fraction of sp³-hybridized carbons (Fsp3) is 0.727. The van der Waals surface area contributed by atoms with Gasteiger partial charge >= 0.3 is 0 Å². The number of imidazole rings is 1. The van der Waals surface area contributed by atoms with Gasteiger partial charge in [-0.1, -0.05) is 13.8 Å². The topological polar surface area (TPSA) is 29.9 Å². The second-order valence-electron chi connectivity index (χ2n) is 4.15. The quantitative estimate of drug-likeness (QED) is 0.776. The predicted octanol–water partition coefficient (Wildman–Crippen LogP) is 1.83. The van der Waals surface area contributed by atoms with E-state index in [4.69, 9.17) is 0 Å². The lowest BCUT2D eigenvalue weighted by Crippen LogP contribution is -2.33. The summed E-state index contributed by atoms with van der Waals surface area (Å²) in [5, 5.41) is 3.50. The van der Waals surface area contributed by atoms with Crippen LogP contribution >= 0.6 is 0 Å². The summed E-state index contributed by atoms with van der Waals surface area (Å²) in [6.45, 7) is 10.7. The Bertz CT molecular complexity index is 265. The first-order chi connectivity index (χ1) is 6.61. The molecule has 0 aromatic carbocycles. The van der Waals surface area contributed by atoms with E-state index in [0.29, 0.717) is 12.0 Å². The first kappa shape index (κ1) is 11.2. The second-order valence-corrected chi connectivity index (χ2v) is 4.15. The van der Waals surface area contributed by atoms with E-state index in [1.54, 1.807) is 0 Å². The Morgan fingerprint density at radius 1 is 1.43 bits per heavy atom. The highest BCUT2D eigenvalue weighted by Gasteiger charge is 2.05. The minimum atomic E-state index is 0.582. The molecule has 0 spiro atoms. The van der Waals surface area contributed by atoms with Crippen molar-refractivity contribution in [3.8, 4) is 0 Å². The van der Waals surface area contributed by atoms with Crippen molar-refractivity contribution in [1.29, 1.82) is 0 Å². The zero-order chi connectivity index (χ0) is 10.6. The van der Waals surface area contributed by atoms with Crippen LogP contribution < -0.4 is 5.32 Å². The Balaban J connectivity index is 2.25.